The van der Waals surface area contributed by atoms with E-state index in [0.29, 0.717) is 0 Å². The van der Waals surface area contributed by atoms with Gasteiger partial charge in [0.1, 0.15) is 0 Å². The molecule has 0 bridgehead atoms. The topological polar surface area (TPSA) is 0 Å². The van der Waals surface area contributed by atoms with Crippen LogP contribution < -0.4 is 0 Å². The van der Waals surface area contributed by atoms with Crippen molar-refractivity contribution < 1.29 is 0 Å². The molecule has 13 rings (SSSR count). The predicted octanol–water partition coefficient (Wildman–Crippen LogP) is 15.7. The molecule has 11 aromatic rings. The van der Waals surface area contributed by atoms with Crippen molar-refractivity contribution in [2.75, 3.05) is 0 Å². The van der Waals surface area contributed by atoms with Crippen molar-refractivity contribution in [1.29, 1.82) is 0 Å². The molecule has 0 N–H and O–H groups in total. The molecule has 11 aromatic carbocycles. The lowest BCUT2D eigenvalue weighted by Gasteiger charge is -2.22. The van der Waals surface area contributed by atoms with E-state index in [-0.39, 0.29) is 0 Å². The lowest BCUT2D eigenvalue weighted by Crippen LogP contribution is -1.95. The second-order valence-corrected chi connectivity index (χ2v) is 15.4. The van der Waals surface area contributed by atoms with Crippen LogP contribution in [0.2, 0.25) is 0 Å². The monoisotopic (exact) mass is 704 g/mol. The van der Waals surface area contributed by atoms with Crippen molar-refractivity contribution in [3.63, 3.8) is 0 Å². The molecule has 2 aliphatic carbocycles. The predicted molar refractivity (Wildman–Crippen MR) is 239 cm³/mol. The van der Waals surface area contributed by atoms with Gasteiger partial charge < -0.3 is 0 Å². The third-order valence-corrected chi connectivity index (χ3v) is 12.7. The number of hydrogen-bond donors (Lipinski definition) is 0. The van der Waals surface area contributed by atoms with Crippen LogP contribution in [0.4, 0.5) is 0 Å². The van der Waals surface area contributed by atoms with E-state index in [1.807, 2.05) is 0 Å². The summed E-state index contributed by atoms with van der Waals surface area (Å²) in [5.41, 5.74) is 18.3. The van der Waals surface area contributed by atoms with Gasteiger partial charge in [0.25, 0.3) is 0 Å². The maximum Gasteiger partial charge on any atom is -0.000719 e. The number of fused-ring (bicyclic) bond motifs is 11. The van der Waals surface area contributed by atoms with E-state index < -0.39 is 0 Å². The molecule has 2 aliphatic rings. The Morgan fingerprint density at radius 2 is 0.732 bits per heavy atom. The molecule has 0 fully saturated rings. The molecule has 0 amide bonds. The Labute approximate surface area is 324 Å². The van der Waals surface area contributed by atoms with Gasteiger partial charge in [-0.05, 0) is 144 Å². The van der Waals surface area contributed by atoms with E-state index in [0.717, 1.165) is 0 Å². The molecule has 0 spiro atoms. The Morgan fingerprint density at radius 1 is 0.196 bits per heavy atom. The minimum atomic E-state index is 1.24. The van der Waals surface area contributed by atoms with Gasteiger partial charge in [0, 0.05) is 0 Å². The molecule has 56 heavy (non-hydrogen) atoms. The molecule has 0 saturated carbocycles. The highest BCUT2D eigenvalue weighted by Gasteiger charge is 2.32. The second kappa shape index (κ2) is 11.1. The second-order valence-electron chi connectivity index (χ2n) is 15.4. The molecule has 0 nitrogen and oxygen atoms in total. The molecule has 0 heteroatoms. The van der Waals surface area contributed by atoms with Gasteiger partial charge in [0.05, 0.1) is 0 Å². The van der Waals surface area contributed by atoms with Gasteiger partial charge in [-0.15, -0.1) is 0 Å². The third-order valence-electron chi connectivity index (χ3n) is 12.7. The van der Waals surface area contributed by atoms with Crippen LogP contribution >= 0.6 is 0 Å². The summed E-state index contributed by atoms with van der Waals surface area (Å²) in [5, 5.41) is 13.1. The summed E-state index contributed by atoms with van der Waals surface area (Å²) in [5.74, 6) is 0. The first-order valence-corrected chi connectivity index (χ1v) is 19.6. The molecule has 0 heterocycles. The van der Waals surface area contributed by atoms with Gasteiger partial charge in [-0.25, -0.2) is 0 Å². The van der Waals surface area contributed by atoms with Gasteiger partial charge >= 0.3 is 0 Å². The van der Waals surface area contributed by atoms with Crippen LogP contribution in [0.25, 0.3) is 132 Å². The van der Waals surface area contributed by atoms with Crippen molar-refractivity contribution in [1.82, 2.24) is 0 Å². The van der Waals surface area contributed by atoms with Crippen LogP contribution in [0.15, 0.2) is 194 Å². The summed E-state index contributed by atoms with van der Waals surface area (Å²) in [7, 11) is 0. The first-order chi connectivity index (χ1) is 27.8. The van der Waals surface area contributed by atoms with Crippen molar-refractivity contribution in [3.05, 3.63) is 194 Å². The van der Waals surface area contributed by atoms with Crippen molar-refractivity contribution in [2.45, 2.75) is 0 Å². The van der Waals surface area contributed by atoms with Crippen LogP contribution in [-0.4, -0.2) is 0 Å². The van der Waals surface area contributed by atoms with E-state index in [4.69, 9.17) is 0 Å². The lowest BCUT2D eigenvalue weighted by molar-refractivity contribution is 1.62. The fraction of sp³-hybridized carbons (Fsp3) is 0. The maximum atomic E-state index is 2.52. The summed E-state index contributed by atoms with van der Waals surface area (Å²) in [6.07, 6.45) is 0. The Bertz CT molecular complexity index is 3500. The smallest absolute Gasteiger partial charge is 0.000719 e. The zero-order chi connectivity index (χ0) is 36.5. The lowest BCUT2D eigenvalue weighted by atomic mass is 9.81. The minimum Gasteiger partial charge on any atom is -0.0622 e. The van der Waals surface area contributed by atoms with Crippen molar-refractivity contribution in [3.8, 4) is 77.9 Å². The standard InChI is InChI=1S/C56H32/c1-3-15-33(16-4-1)50-44-30-29-36(49-42-23-11-12-24-43(42)53-40-22-10-9-21-38(40)41-26-14-27-45(49)54(41)53)32-47(44)51(34-17-5-2-6-18-34)56-48-31-35-19-7-8-20-37(35)39-25-13-28-46(52(39)48)55(50)56/h1-32H. The van der Waals surface area contributed by atoms with Gasteiger partial charge in [-0.2, -0.15) is 0 Å². The normalized spacial score (nSPS) is 12.3. The Hall–Kier alpha value is -7.28. The third kappa shape index (κ3) is 3.88. The summed E-state index contributed by atoms with van der Waals surface area (Å²) in [6, 6.07) is 72.7. The number of benzene rings is 11. The summed E-state index contributed by atoms with van der Waals surface area (Å²) in [6.45, 7) is 0. The quantitative estimate of drug-likeness (QED) is 0.127. The molecule has 0 aromatic heterocycles. The average Bonchev–Trinajstić information content (AvgIpc) is 3.78. The van der Waals surface area contributed by atoms with Crippen LogP contribution in [-0.2, 0) is 0 Å². The van der Waals surface area contributed by atoms with E-state index in [1.54, 1.807) is 0 Å². The largest absolute Gasteiger partial charge is 0.0622 e. The molecular formula is C56H32. The molecule has 0 aliphatic heterocycles. The van der Waals surface area contributed by atoms with Gasteiger partial charge in [-0.1, -0.05) is 182 Å². The summed E-state index contributed by atoms with van der Waals surface area (Å²) < 4.78 is 0. The van der Waals surface area contributed by atoms with Gasteiger partial charge in [-0.3, -0.25) is 0 Å². The fourth-order valence-corrected chi connectivity index (χ4v) is 10.5. The number of rotatable bonds is 3. The molecule has 256 valence electrons. The highest BCUT2D eigenvalue weighted by Crippen LogP contribution is 2.59. The van der Waals surface area contributed by atoms with E-state index in [1.165, 1.54) is 132 Å². The van der Waals surface area contributed by atoms with Crippen LogP contribution in [0.1, 0.15) is 0 Å². The molecular weight excluding hydrogens is 673 g/mol. The van der Waals surface area contributed by atoms with Crippen molar-refractivity contribution in [2.24, 2.45) is 0 Å². The van der Waals surface area contributed by atoms with E-state index in [9.17, 15) is 0 Å². The molecule has 0 atom stereocenters. The van der Waals surface area contributed by atoms with E-state index in [2.05, 4.69) is 194 Å². The summed E-state index contributed by atoms with van der Waals surface area (Å²) >= 11 is 0. The fourth-order valence-electron chi connectivity index (χ4n) is 10.5. The molecule has 0 saturated heterocycles. The summed E-state index contributed by atoms with van der Waals surface area (Å²) in [4.78, 5) is 0. The SMILES string of the molecule is c1ccc(-c2c3c(c(-c4ccccc4)c4cc(-c5c6ccccc6c6c7c(cccc57)-c5ccccc5-6)ccc24)-c2cc4ccccc4c4cccc-3c24)cc1. The van der Waals surface area contributed by atoms with Gasteiger partial charge in [0.2, 0.25) is 0 Å². The first kappa shape index (κ1) is 30.1. The Kier molecular flexibility index (Phi) is 5.98. The molecule has 0 radical (unpaired) electrons. The van der Waals surface area contributed by atoms with E-state index >= 15 is 0 Å². The van der Waals surface area contributed by atoms with Crippen LogP contribution in [0, 0.1) is 0 Å². The zero-order valence-corrected chi connectivity index (χ0v) is 30.5. The highest BCUT2D eigenvalue weighted by molar-refractivity contribution is 6.32. The van der Waals surface area contributed by atoms with Gasteiger partial charge in [0.15, 0.2) is 0 Å². The first-order valence-electron chi connectivity index (χ1n) is 19.6. The molecule has 0 unspecified atom stereocenters. The minimum absolute atomic E-state index is 1.24. The highest BCUT2D eigenvalue weighted by atomic mass is 14.3. The number of hydrogen-bond acceptors (Lipinski definition) is 0. The average molecular weight is 705 g/mol. The maximum absolute atomic E-state index is 2.52. The van der Waals surface area contributed by atoms with Crippen LogP contribution in [0.5, 0.6) is 0 Å². The van der Waals surface area contributed by atoms with Crippen LogP contribution in [0.3, 0.4) is 0 Å². The Balaban J connectivity index is 1.22. The Morgan fingerprint density at radius 3 is 1.50 bits per heavy atom. The zero-order valence-electron chi connectivity index (χ0n) is 30.5. The van der Waals surface area contributed by atoms with Crippen molar-refractivity contribution >= 4 is 53.9 Å².